The van der Waals surface area contributed by atoms with Crippen molar-refractivity contribution in [1.82, 2.24) is 0 Å². The van der Waals surface area contributed by atoms with E-state index < -0.39 is 0 Å². The topological polar surface area (TPSA) is 79.6 Å². The highest BCUT2D eigenvalue weighted by molar-refractivity contribution is 7.78. The molecule has 0 unspecified atom stereocenters. The van der Waals surface area contributed by atoms with Crippen molar-refractivity contribution in [2.45, 2.75) is 0 Å². The standard InChI is InChI=1S/C7H12N4O2S/c8-11-10-2-4-13-6-5-12-3-1-9-7-14/h1-6H2. The van der Waals surface area contributed by atoms with Crippen molar-refractivity contribution in [3.05, 3.63) is 10.4 Å². The van der Waals surface area contributed by atoms with Gasteiger partial charge in [0, 0.05) is 11.5 Å². The third-order valence-electron chi connectivity index (χ3n) is 1.18. The number of hydrogen-bond acceptors (Lipinski definition) is 5. The fourth-order valence-corrected chi connectivity index (χ4v) is 0.719. The van der Waals surface area contributed by atoms with E-state index in [1.165, 1.54) is 0 Å². The molecule has 0 aliphatic carbocycles. The van der Waals surface area contributed by atoms with Crippen molar-refractivity contribution in [1.29, 1.82) is 0 Å². The Bertz CT molecular complexity index is 200. The number of thiocarbonyl (C=S) groups is 1. The number of isothiocyanates is 1. The quantitative estimate of drug-likeness (QED) is 0.146. The molecule has 7 heteroatoms. The average molecular weight is 216 g/mol. The summed E-state index contributed by atoms with van der Waals surface area (Å²) in [5.41, 5.74) is 7.94. The van der Waals surface area contributed by atoms with Crippen LogP contribution in [0, 0.1) is 0 Å². The molecule has 0 radical (unpaired) electrons. The fraction of sp³-hybridized carbons (Fsp3) is 0.857. The van der Waals surface area contributed by atoms with Gasteiger partial charge in [0.2, 0.25) is 0 Å². The summed E-state index contributed by atoms with van der Waals surface area (Å²) in [6.07, 6.45) is 0. The summed E-state index contributed by atoms with van der Waals surface area (Å²) in [6, 6.07) is 0. The van der Waals surface area contributed by atoms with Crippen LogP contribution in [0.15, 0.2) is 10.1 Å². The summed E-state index contributed by atoms with van der Waals surface area (Å²) in [4.78, 5) is 6.26. The Kier molecular flexibility index (Phi) is 11.2. The van der Waals surface area contributed by atoms with Crippen molar-refractivity contribution in [3.8, 4) is 0 Å². The summed E-state index contributed by atoms with van der Waals surface area (Å²) in [6.45, 7) is 2.81. The van der Waals surface area contributed by atoms with E-state index in [0.717, 1.165) is 0 Å². The van der Waals surface area contributed by atoms with Crippen LogP contribution in [0.1, 0.15) is 0 Å². The minimum Gasteiger partial charge on any atom is -0.379 e. The van der Waals surface area contributed by atoms with Crippen LogP contribution >= 0.6 is 12.2 Å². The zero-order chi connectivity index (χ0) is 10.5. The first-order valence-electron chi connectivity index (χ1n) is 4.11. The van der Waals surface area contributed by atoms with Gasteiger partial charge < -0.3 is 9.47 Å². The van der Waals surface area contributed by atoms with E-state index in [1.807, 2.05) is 0 Å². The van der Waals surface area contributed by atoms with Gasteiger partial charge in [0.05, 0.1) is 38.1 Å². The summed E-state index contributed by atoms with van der Waals surface area (Å²) in [5.74, 6) is 0. The first-order valence-corrected chi connectivity index (χ1v) is 4.52. The molecule has 0 heterocycles. The van der Waals surface area contributed by atoms with Gasteiger partial charge in [-0.05, 0) is 17.7 Å². The Hall–Kier alpha value is -0.970. The van der Waals surface area contributed by atoms with Crippen LogP contribution in [0.2, 0.25) is 0 Å². The lowest BCUT2D eigenvalue weighted by atomic mass is 10.7. The molecule has 0 amide bonds. The lowest BCUT2D eigenvalue weighted by molar-refractivity contribution is 0.0540. The molecule has 0 atom stereocenters. The van der Waals surface area contributed by atoms with Crippen LogP contribution in [0.4, 0.5) is 0 Å². The molecule has 78 valence electrons. The van der Waals surface area contributed by atoms with Gasteiger partial charge in [-0.25, -0.2) is 4.99 Å². The molecule has 0 fully saturated rings. The highest BCUT2D eigenvalue weighted by Gasteiger charge is 1.88. The van der Waals surface area contributed by atoms with Gasteiger partial charge in [0.1, 0.15) is 0 Å². The summed E-state index contributed by atoms with van der Waals surface area (Å²) < 4.78 is 10.2. The van der Waals surface area contributed by atoms with Crippen molar-refractivity contribution in [2.75, 3.05) is 39.5 Å². The van der Waals surface area contributed by atoms with Crippen LogP contribution in [-0.4, -0.2) is 44.7 Å². The second-order valence-corrected chi connectivity index (χ2v) is 2.33. The van der Waals surface area contributed by atoms with E-state index in [-0.39, 0.29) is 0 Å². The SMILES string of the molecule is [N-]=[N+]=NCCOCCOCCN=C=S. The molecule has 0 saturated carbocycles. The Morgan fingerprint density at radius 1 is 1.14 bits per heavy atom. The summed E-state index contributed by atoms with van der Waals surface area (Å²) in [5, 5.41) is 5.55. The third kappa shape index (κ3) is 11.0. The van der Waals surface area contributed by atoms with Crippen molar-refractivity contribution in [3.63, 3.8) is 0 Å². The Morgan fingerprint density at radius 2 is 1.79 bits per heavy atom. The normalized spacial score (nSPS) is 8.86. The minimum atomic E-state index is 0.353. The van der Waals surface area contributed by atoms with Gasteiger partial charge in [0.25, 0.3) is 0 Å². The smallest absolute Gasteiger partial charge is 0.0727 e. The molecular formula is C7H12N4O2S. The third-order valence-corrected chi connectivity index (χ3v) is 1.31. The van der Waals surface area contributed by atoms with E-state index in [9.17, 15) is 0 Å². The molecule has 0 spiro atoms. The molecule has 6 nitrogen and oxygen atoms in total. The van der Waals surface area contributed by atoms with Crippen molar-refractivity contribution >= 4 is 17.4 Å². The summed E-state index contributed by atoms with van der Waals surface area (Å²) in [7, 11) is 0. The second kappa shape index (κ2) is 12.0. The monoisotopic (exact) mass is 216 g/mol. The van der Waals surface area contributed by atoms with Gasteiger partial charge in [-0.15, -0.1) is 0 Å². The van der Waals surface area contributed by atoms with Crippen molar-refractivity contribution in [2.24, 2.45) is 10.1 Å². The van der Waals surface area contributed by atoms with Crippen LogP contribution in [0.25, 0.3) is 10.4 Å². The van der Waals surface area contributed by atoms with Crippen molar-refractivity contribution < 1.29 is 9.47 Å². The number of rotatable bonds is 9. The number of ether oxygens (including phenoxy) is 2. The van der Waals surface area contributed by atoms with Crippen LogP contribution in [-0.2, 0) is 9.47 Å². The predicted octanol–water partition coefficient (Wildman–Crippen LogP) is 1.43. The van der Waals surface area contributed by atoms with Crippen LogP contribution < -0.4 is 0 Å². The first kappa shape index (κ1) is 13.0. The molecule has 0 aromatic carbocycles. The molecule has 14 heavy (non-hydrogen) atoms. The molecular weight excluding hydrogens is 204 g/mol. The van der Waals surface area contributed by atoms with Crippen LogP contribution in [0.3, 0.4) is 0 Å². The average Bonchev–Trinajstić information content (AvgIpc) is 2.21. The number of nitrogens with zero attached hydrogens (tertiary/aromatic N) is 4. The van der Waals surface area contributed by atoms with Gasteiger partial charge in [-0.3, -0.25) is 0 Å². The number of hydrogen-bond donors (Lipinski definition) is 0. The Labute approximate surface area is 87.5 Å². The molecule has 0 aromatic rings. The van der Waals surface area contributed by atoms with Gasteiger partial charge in [-0.2, -0.15) is 0 Å². The summed E-state index contributed by atoms with van der Waals surface area (Å²) >= 11 is 4.38. The van der Waals surface area contributed by atoms with E-state index >= 15 is 0 Å². The Morgan fingerprint density at radius 3 is 2.36 bits per heavy atom. The van der Waals surface area contributed by atoms with Gasteiger partial charge >= 0.3 is 0 Å². The molecule has 0 N–H and O–H groups in total. The number of azide groups is 1. The van der Waals surface area contributed by atoms with E-state index in [4.69, 9.17) is 15.0 Å². The van der Waals surface area contributed by atoms with E-state index in [2.05, 4.69) is 32.4 Å². The van der Waals surface area contributed by atoms with Gasteiger partial charge in [0.15, 0.2) is 0 Å². The predicted molar refractivity (Wildman–Crippen MR) is 55.5 cm³/mol. The van der Waals surface area contributed by atoms with Crippen LogP contribution in [0.5, 0.6) is 0 Å². The van der Waals surface area contributed by atoms with E-state index in [0.29, 0.717) is 39.5 Å². The molecule has 0 bridgehead atoms. The Balaban J connectivity index is 2.98. The maximum Gasteiger partial charge on any atom is 0.0727 e. The minimum absolute atomic E-state index is 0.353. The highest BCUT2D eigenvalue weighted by atomic mass is 32.1. The first-order chi connectivity index (χ1) is 6.91. The highest BCUT2D eigenvalue weighted by Crippen LogP contribution is 1.80. The largest absolute Gasteiger partial charge is 0.379 e. The fourth-order valence-electron chi connectivity index (χ4n) is 0.628. The molecule has 0 aliphatic rings. The zero-order valence-corrected chi connectivity index (χ0v) is 8.57. The number of aliphatic imine (C=N–C) groups is 1. The molecule has 0 saturated heterocycles. The molecule has 0 rings (SSSR count). The second-order valence-electron chi connectivity index (χ2n) is 2.15. The molecule has 0 aliphatic heterocycles. The van der Waals surface area contributed by atoms with Gasteiger partial charge in [-0.1, -0.05) is 5.11 Å². The lowest BCUT2D eigenvalue weighted by Gasteiger charge is -2.02. The van der Waals surface area contributed by atoms with E-state index in [1.54, 1.807) is 0 Å². The lowest BCUT2D eigenvalue weighted by Crippen LogP contribution is -2.08. The molecule has 0 aromatic heterocycles. The maximum atomic E-state index is 7.94. The maximum absolute atomic E-state index is 7.94. The zero-order valence-electron chi connectivity index (χ0n) is 7.76.